The predicted octanol–water partition coefficient (Wildman–Crippen LogP) is 3.56. The summed E-state index contributed by atoms with van der Waals surface area (Å²) in [6, 6.07) is 17.2. The normalized spacial score (nSPS) is 15.4. The highest BCUT2D eigenvalue weighted by Crippen LogP contribution is 2.31. The topological polar surface area (TPSA) is 82.3 Å². The second kappa shape index (κ2) is 8.36. The monoisotopic (exact) mass is 405 g/mol. The van der Waals surface area contributed by atoms with Crippen LogP contribution in [-0.4, -0.2) is 40.0 Å². The number of nitrogens with one attached hydrogen (secondary N) is 2. The Kier molecular flexibility index (Phi) is 5.48. The van der Waals surface area contributed by atoms with Crippen LogP contribution in [0.1, 0.15) is 11.1 Å². The third kappa shape index (κ3) is 4.25. The number of aromatic nitrogens is 1. The third-order valence-electron chi connectivity index (χ3n) is 4.65. The summed E-state index contributed by atoms with van der Waals surface area (Å²) in [5.74, 6) is -0.476. The first-order valence-corrected chi connectivity index (χ1v) is 10.1. The lowest BCUT2D eigenvalue weighted by atomic mass is 10.1. The van der Waals surface area contributed by atoms with Crippen LogP contribution < -0.4 is 5.32 Å². The smallest absolute Gasteiger partial charge is 0.293 e. The summed E-state index contributed by atoms with van der Waals surface area (Å²) in [6.45, 7) is 0.369. The van der Waals surface area contributed by atoms with E-state index in [1.807, 2.05) is 60.8 Å². The Labute approximate surface area is 172 Å². The van der Waals surface area contributed by atoms with Crippen LogP contribution >= 0.6 is 11.8 Å². The molecule has 3 amide bonds. The summed E-state index contributed by atoms with van der Waals surface area (Å²) in [6.07, 6.45) is 3.77. The zero-order valence-electron chi connectivity index (χ0n) is 15.6. The maximum absolute atomic E-state index is 12.5. The Morgan fingerprint density at radius 2 is 1.83 bits per heavy atom. The second-order valence-corrected chi connectivity index (χ2v) is 7.62. The van der Waals surface area contributed by atoms with Crippen molar-refractivity contribution in [3.8, 4) is 0 Å². The van der Waals surface area contributed by atoms with Crippen molar-refractivity contribution in [2.45, 2.75) is 6.42 Å². The zero-order valence-corrected chi connectivity index (χ0v) is 16.4. The van der Waals surface area contributed by atoms with Crippen LogP contribution in [0.15, 0.2) is 65.7 Å². The lowest BCUT2D eigenvalue weighted by Gasteiger charge is -2.13. The number of benzene rings is 2. The van der Waals surface area contributed by atoms with Crippen LogP contribution in [-0.2, 0) is 16.0 Å². The molecule has 146 valence electrons. The quantitative estimate of drug-likeness (QED) is 0.615. The number of carbonyl (C=O) groups is 3. The van der Waals surface area contributed by atoms with E-state index in [0.29, 0.717) is 4.91 Å². The fourth-order valence-corrected chi connectivity index (χ4v) is 4.08. The zero-order chi connectivity index (χ0) is 20.2. The fourth-order valence-electron chi connectivity index (χ4n) is 3.21. The maximum Gasteiger partial charge on any atom is 0.293 e. The largest absolute Gasteiger partial charge is 0.361 e. The van der Waals surface area contributed by atoms with E-state index in [4.69, 9.17) is 0 Å². The molecule has 1 saturated heterocycles. The van der Waals surface area contributed by atoms with Crippen molar-refractivity contribution in [2.75, 3.05) is 13.1 Å². The predicted molar refractivity (Wildman–Crippen MR) is 114 cm³/mol. The Morgan fingerprint density at radius 3 is 2.66 bits per heavy atom. The SMILES string of the molecule is O=C(Cc1c[nH]c2ccccc12)NCCN1C(=O)SC(=Cc2ccccc2)C1=O. The van der Waals surface area contributed by atoms with Gasteiger partial charge in [-0.25, -0.2) is 0 Å². The highest BCUT2D eigenvalue weighted by Gasteiger charge is 2.34. The minimum absolute atomic E-state index is 0.149. The number of imide groups is 1. The number of H-pyrrole nitrogens is 1. The van der Waals surface area contributed by atoms with Crippen LogP contribution in [0, 0.1) is 0 Å². The number of amides is 3. The third-order valence-corrected chi connectivity index (χ3v) is 5.56. The number of hydrogen-bond acceptors (Lipinski definition) is 4. The molecule has 6 nitrogen and oxygen atoms in total. The summed E-state index contributed by atoms with van der Waals surface area (Å²) in [4.78, 5) is 41.6. The summed E-state index contributed by atoms with van der Waals surface area (Å²) in [5.41, 5.74) is 2.76. The van der Waals surface area contributed by atoms with E-state index >= 15 is 0 Å². The van der Waals surface area contributed by atoms with Gasteiger partial charge in [-0.3, -0.25) is 19.3 Å². The molecule has 2 N–H and O–H groups in total. The molecule has 1 aliphatic heterocycles. The van der Waals surface area contributed by atoms with Crippen molar-refractivity contribution in [1.82, 2.24) is 15.2 Å². The minimum atomic E-state index is -0.324. The Balaban J connectivity index is 1.32. The molecule has 0 saturated carbocycles. The standard InChI is InChI=1S/C22H19N3O3S/c26-20(13-16-14-24-18-9-5-4-8-17(16)18)23-10-11-25-21(27)19(29-22(25)28)12-15-6-2-1-3-7-15/h1-9,12,14,24H,10-11,13H2,(H,23,26). The molecule has 2 heterocycles. The highest BCUT2D eigenvalue weighted by molar-refractivity contribution is 8.18. The summed E-state index contributed by atoms with van der Waals surface area (Å²) in [5, 5.41) is 3.49. The van der Waals surface area contributed by atoms with E-state index in [1.165, 1.54) is 4.90 Å². The second-order valence-electron chi connectivity index (χ2n) is 6.63. The Bertz CT molecular complexity index is 1100. The number of hydrogen-bond donors (Lipinski definition) is 2. The Morgan fingerprint density at radius 1 is 1.07 bits per heavy atom. The van der Waals surface area contributed by atoms with Crippen molar-refractivity contribution in [3.63, 3.8) is 0 Å². The van der Waals surface area contributed by atoms with E-state index in [9.17, 15) is 14.4 Å². The summed E-state index contributed by atoms with van der Waals surface area (Å²) in [7, 11) is 0. The molecule has 1 aromatic heterocycles. The molecule has 3 aromatic rings. The molecule has 2 aromatic carbocycles. The van der Waals surface area contributed by atoms with Crippen LogP contribution in [0.3, 0.4) is 0 Å². The first kappa shape index (κ1) is 19.0. The lowest BCUT2D eigenvalue weighted by molar-refractivity contribution is -0.124. The minimum Gasteiger partial charge on any atom is -0.361 e. The van der Waals surface area contributed by atoms with Gasteiger partial charge in [0, 0.05) is 30.2 Å². The van der Waals surface area contributed by atoms with Crippen molar-refractivity contribution in [2.24, 2.45) is 0 Å². The number of carbonyl (C=O) groups excluding carboxylic acids is 3. The molecule has 7 heteroatoms. The van der Waals surface area contributed by atoms with Crippen molar-refractivity contribution in [1.29, 1.82) is 0 Å². The number of para-hydroxylation sites is 1. The van der Waals surface area contributed by atoms with Crippen LogP contribution in [0.4, 0.5) is 4.79 Å². The van der Waals surface area contributed by atoms with Gasteiger partial charge in [0.2, 0.25) is 5.91 Å². The van der Waals surface area contributed by atoms with Gasteiger partial charge in [0.25, 0.3) is 11.1 Å². The maximum atomic E-state index is 12.5. The molecular weight excluding hydrogens is 386 g/mol. The first-order chi connectivity index (χ1) is 14.1. The number of rotatable bonds is 6. The lowest BCUT2D eigenvalue weighted by Crippen LogP contribution is -2.37. The van der Waals surface area contributed by atoms with Gasteiger partial charge in [-0.1, -0.05) is 48.5 Å². The number of fused-ring (bicyclic) bond motifs is 1. The van der Waals surface area contributed by atoms with Crippen LogP contribution in [0.5, 0.6) is 0 Å². The molecule has 1 fully saturated rings. The number of thioether (sulfide) groups is 1. The number of nitrogens with zero attached hydrogens (tertiary/aromatic N) is 1. The van der Waals surface area contributed by atoms with E-state index in [2.05, 4.69) is 10.3 Å². The van der Waals surface area contributed by atoms with Gasteiger partial charge >= 0.3 is 0 Å². The average molecular weight is 405 g/mol. The van der Waals surface area contributed by atoms with Gasteiger partial charge in [0.15, 0.2) is 0 Å². The molecule has 29 heavy (non-hydrogen) atoms. The van der Waals surface area contributed by atoms with Gasteiger partial charge in [0.05, 0.1) is 11.3 Å². The van der Waals surface area contributed by atoms with Gasteiger partial charge in [-0.2, -0.15) is 0 Å². The van der Waals surface area contributed by atoms with Gasteiger partial charge < -0.3 is 10.3 Å². The fraction of sp³-hybridized carbons (Fsp3) is 0.136. The molecule has 0 atom stereocenters. The molecule has 0 unspecified atom stereocenters. The van der Waals surface area contributed by atoms with E-state index in [1.54, 1.807) is 6.08 Å². The molecule has 0 spiro atoms. The highest BCUT2D eigenvalue weighted by atomic mass is 32.2. The van der Waals surface area contributed by atoms with Crippen molar-refractivity contribution in [3.05, 3.63) is 76.8 Å². The van der Waals surface area contributed by atoms with E-state index in [-0.39, 0.29) is 36.6 Å². The first-order valence-electron chi connectivity index (χ1n) is 9.24. The van der Waals surface area contributed by atoms with Crippen molar-refractivity contribution < 1.29 is 14.4 Å². The number of aromatic amines is 1. The van der Waals surface area contributed by atoms with Crippen LogP contribution in [0.2, 0.25) is 0 Å². The molecule has 4 rings (SSSR count). The molecule has 1 aliphatic rings. The van der Waals surface area contributed by atoms with Gasteiger partial charge in [-0.05, 0) is 35.0 Å². The van der Waals surface area contributed by atoms with Gasteiger partial charge in [0.1, 0.15) is 0 Å². The molecule has 0 aliphatic carbocycles. The van der Waals surface area contributed by atoms with Crippen molar-refractivity contribution >= 4 is 45.8 Å². The molecular formula is C22H19N3O3S. The molecule has 0 radical (unpaired) electrons. The summed E-state index contributed by atoms with van der Waals surface area (Å²) >= 11 is 0.922. The van der Waals surface area contributed by atoms with Gasteiger partial charge in [-0.15, -0.1) is 0 Å². The van der Waals surface area contributed by atoms with E-state index < -0.39 is 0 Å². The van der Waals surface area contributed by atoms with Crippen LogP contribution in [0.25, 0.3) is 17.0 Å². The summed E-state index contributed by atoms with van der Waals surface area (Å²) < 4.78 is 0. The average Bonchev–Trinajstić information content (AvgIpc) is 3.25. The Hall–Kier alpha value is -3.32. The molecule has 0 bridgehead atoms. The van der Waals surface area contributed by atoms with E-state index in [0.717, 1.165) is 33.8 Å².